The lowest BCUT2D eigenvalue weighted by Gasteiger charge is -2.47. The van der Waals surface area contributed by atoms with Crippen molar-refractivity contribution in [1.82, 2.24) is 9.97 Å². The van der Waals surface area contributed by atoms with Crippen LogP contribution < -0.4 is 11.1 Å². The molecule has 2 aromatic heterocycles. The number of amidine groups is 1. The van der Waals surface area contributed by atoms with E-state index in [-0.39, 0.29) is 28.8 Å². The molecule has 0 aliphatic carbocycles. The summed E-state index contributed by atoms with van der Waals surface area (Å²) in [7, 11) is -2.11. The van der Waals surface area contributed by atoms with E-state index in [1.165, 1.54) is 30.5 Å². The van der Waals surface area contributed by atoms with Gasteiger partial charge in [-0.1, -0.05) is 21.8 Å². The summed E-state index contributed by atoms with van der Waals surface area (Å²) in [5.41, 5.74) is 6.21. The molecule has 1 aliphatic heterocycles. The second-order valence-corrected chi connectivity index (χ2v) is 11.2. The van der Waals surface area contributed by atoms with Crippen molar-refractivity contribution in [2.24, 2.45) is 15.3 Å². The molecule has 8 nitrogen and oxygen atoms in total. The van der Waals surface area contributed by atoms with Crippen molar-refractivity contribution in [3.05, 3.63) is 57.6 Å². The van der Waals surface area contributed by atoms with E-state index in [4.69, 9.17) is 17.3 Å². The minimum Gasteiger partial charge on any atom is -0.386 e. The highest BCUT2D eigenvalue weighted by Crippen LogP contribution is 2.61. The van der Waals surface area contributed by atoms with Gasteiger partial charge in [0.15, 0.2) is 0 Å². The highest BCUT2D eigenvalue weighted by Gasteiger charge is 2.47. The second kappa shape index (κ2) is 7.68. The van der Waals surface area contributed by atoms with Gasteiger partial charge in [0.25, 0.3) is 5.91 Å². The van der Waals surface area contributed by atoms with Gasteiger partial charge >= 0.3 is 0 Å². The summed E-state index contributed by atoms with van der Waals surface area (Å²) in [5, 5.41) is 2.96. The maximum Gasteiger partial charge on any atom is 0.275 e. The number of aliphatic imine (C=N–C) groups is 1. The van der Waals surface area contributed by atoms with E-state index in [1.807, 2.05) is 0 Å². The van der Waals surface area contributed by atoms with Crippen LogP contribution >= 0.6 is 21.8 Å². The minimum absolute atomic E-state index is 0.00677. The van der Waals surface area contributed by atoms with E-state index in [1.54, 1.807) is 20.1 Å². The summed E-state index contributed by atoms with van der Waals surface area (Å²) in [6, 6.07) is 4.73. The van der Waals surface area contributed by atoms with E-state index in [0.717, 1.165) is 0 Å². The third-order valence-corrected chi connectivity index (χ3v) is 8.97. The number of rotatable bonds is 4. The van der Waals surface area contributed by atoms with E-state index in [0.29, 0.717) is 5.02 Å². The van der Waals surface area contributed by atoms with Crippen LogP contribution in [0.1, 0.15) is 36.1 Å². The molecule has 3 heterocycles. The number of amides is 1. The molecule has 154 valence electrons. The van der Waals surface area contributed by atoms with Crippen molar-refractivity contribution in [3.63, 3.8) is 0 Å². The predicted octanol–water partition coefficient (Wildman–Crippen LogP) is 3.83. The zero-order valence-electron chi connectivity index (χ0n) is 16.0. The first-order valence-electron chi connectivity index (χ1n) is 8.60. The van der Waals surface area contributed by atoms with Crippen LogP contribution in [0.5, 0.6) is 0 Å². The molecule has 2 aromatic rings. The SMILES string of the molecule is CC1(C)C(N)=NC(c2nc(NC(=O)c3ccc(Cl)cn3)ccc2F)CS1(C)N=O. The number of carbonyl (C=O) groups excluding carboxylic acids is 1. The number of hydrogen-bond donors (Lipinski definition) is 2. The molecule has 11 heteroatoms. The summed E-state index contributed by atoms with van der Waals surface area (Å²) in [4.78, 5) is 36.4. The lowest BCUT2D eigenvalue weighted by molar-refractivity contribution is 0.102. The molecule has 0 fully saturated rings. The molecule has 2 unspecified atom stereocenters. The fourth-order valence-electron chi connectivity index (χ4n) is 2.82. The number of nitrogens with zero attached hydrogens (tertiary/aromatic N) is 4. The number of aromatic nitrogens is 2. The van der Waals surface area contributed by atoms with Crippen LogP contribution in [0.3, 0.4) is 0 Å². The van der Waals surface area contributed by atoms with Crippen LogP contribution in [-0.2, 0) is 0 Å². The molecule has 0 aromatic carbocycles. The van der Waals surface area contributed by atoms with Gasteiger partial charge in [0.1, 0.15) is 34.9 Å². The lowest BCUT2D eigenvalue weighted by atomic mass is 10.1. The monoisotopic (exact) mass is 438 g/mol. The van der Waals surface area contributed by atoms with Crippen LogP contribution in [0.4, 0.5) is 10.2 Å². The molecule has 0 spiro atoms. The molecule has 2 atom stereocenters. The van der Waals surface area contributed by atoms with E-state index >= 15 is 0 Å². The summed E-state index contributed by atoms with van der Waals surface area (Å²) < 4.78 is 17.2. The molecule has 3 rings (SSSR count). The van der Waals surface area contributed by atoms with Gasteiger partial charge in [0, 0.05) is 11.9 Å². The minimum atomic E-state index is -2.11. The van der Waals surface area contributed by atoms with Crippen molar-refractivity contribution in [2.75, 3.05) is 17.3 Å². The van der Waals surface area contributed by atoms with Gasteiger partial charge in [0.05, 0.1) is 9.77 Å². The van der Waals surface area contributed by atoms with Gasteiger partial charge in [-0.2, -0.15) is 0 Å². The van der Waals surface area contributed by atoms with Crippen LogP contribution in [0.2, 0.25) is 5.02 Å². The Kier molecular flexibility index (Phi) is 5.59. The third-order valence-electron chi connectivity index (χ3n) is 5.05. The van der Waals surface area contributed by atoms with E-state index < -0.39 is 32.7 Å². The van der Waals surface area contributed by atoms with Gasteiger partial charge in [-0.15, -0.1) is 4.91 Å². The van der Waals surface area contributed by atoms with Crippen LogP contribution in [0.15, 0.2) is 40.0 Å². The van der Waals surface area contributed by atoms with Gasteiger partial charge in [-0.3, -0.25) is 9.79 Å². The topological polar surface area (TPSA) is 123 Å². The molecular formula is C18H20ClFN6O2S. The van der Waals surface area contributed by atoms with Crippen LogP contribution in [0.25, 0.3) is 0 Å². The Bertz CT molecular complexity index is 1000. The number of pyridine rings is 2. The third kappa shape index (κ3) is 3.95. The van der Waals surface area contributed by atoms with Crippen molar-refractivity contribution in [2.45, 2.75) is 24.6 Å². The number of hydrogen-bond acceptors (Lipinski definition) is 7. The highest BCUT2D eigenvalue weighted by atomic mass is 35.5. The lowest BCUT2D eigenvalue weighted by Crippen LogP contribution is -2.47. The molecule has 0 saturated heterocycles. The van der Waals surface area contributed by atoms with Crippen molar-refractivity contribution in [1.29, 1.82) is 0 Å². The summed E-state index contributed by atoms with van der Waals surface area (Å²) in [5.74, 6) is -0.569. The molecular weight excluding hydrogens is 419 g/mol. The molecule has 3 N–H and O–H groups in total. The molecule has 1 aliphatic rings. The van der Waals surface area contributed by atoms with Crippen LogP contribution in [-0.4, -0.2) is 38.5 Å². The zero-order chi connectivity index (χ0) is 21.4. The Balaban J connectivity index is 1.91. The Hall–Kier alpha value is -2.59. The number of nitrogens with one attached hydrogen (secondary N) is 1. The van der Waals surface area contributed by atoms with E-state index in [9.17, 15) is 14.1 Å². The Labute approximate surface area is 173 Å². The maximum atomic E-state index is 14.5. The smallest absolute Gasteiger partial charge is 0.275 e. The fourth-order valence-corrected chi connectivity index (χ4v) is 4.94. The Morgan fingerprint density at radius 2 is 2.10 bits per heavy atom. The van der Waals surface area contributed by atoms with Crippen molar-refractivity contribution >= 4 is 39.4 Å². The Morgan fingerprint density at radius 1 is 1.38 bits per heavy atom. The number of nitroso groups, excluding NO2 is 1. The number of anilines is 1. The van der Waals surface area contributed by atoms with Gasteiger partial charge < -0.3 is 11.1 Å². The number of halogens is 2. The molecule has 0 radical (unpaired) electrons. The van der Waals surface area contributed by atoms with Gasteiger partial charge in [0.2, 0.25) is 0 Å². The van der Waals surface area contributed by atoms with Gasteiger partial charge in [-0.25, -0.2) is 14.4 Å². The normalized spacial score (nSPS) is 25.4. The second-order valence-electron chi connectivity index (χ2n) is 7.20. The average Bonchev–Trinajstić information content (AvgIpc) is 2.68. The first-order valence-corrected chi connectivity index (χ1v) is 11.1. The maximum absolute atomic E-state index is 14.5. The van der Waals surface area contributed by atoms with Crippen molar-refractivity contribution < 1.29 is 9.18 Å². The number of carbonyl (C=O) groups is 1. The fraction of sp³-hybridized carbons (Fsp3) is 0.333. The molecule has 0 saturated carbocycles. The summed E-state index contributed by atoms with van der Waals surface area (Å²) in [6.07, 6.45) is 3.08. The van der Waals surface area contributed by atoms with Gasteiger partial charge in [-0.05, 0) is 49.0 Å². The predicted molar refractivity (Wildman–Crippen MR) is 114 cm³/mol. The quantitative estimate of drug-likeness (QED) is 0.702. The first-order chi connectivity index (χ1) is 13.6. The largest absolute Gasteiger partial charge is 0.386 e. The van der Waals surface area contributed by atoms with E-state index in [2.05, 4.69) is 24.9 Å². The summed E-state index contributed by atoms with van der Waals surface area (Å²) >= 11 is 5.77. The standard InChI is InChI=1S/C18H20ClFN6O2S/c1-18(2)17(21)23-13(9-29(18,3)26-28)15-11(20)5-7-14(24-15)25-16(27)12-6-4-10(19)8-22-12/h4-8,13H,9H2,1-3H3,(H2,21,23)(H,24,25,27). The van der Waals surface area contributed by atoms with Crippen molar-refractivity contribution in [3.8, 4) is 0 Å². The first kappa shape index (κ1) is 21.1. The number of nitrogens with two attached hydrogens (primary N) is 1. The molecule has 0 bridgehead atoms. The molecule has 1 amide bonds. The van der Waals surface area contributed by atoms with Crippen LogP contribution in [0, 0.1) is 10.7 Å². The zero-order valence-corrected chi connectivity index (χ0v) is 17.6. The molecule has 29 heavy (non-hydrogen) atoms. The average molecular weight is 439 g/mol. The summed E-state index contributed by atoms with van der Waals surface area (Å²) in [6.45, 7) is 3.61. The highest BCUT2D eigenvalue weighted by molar-refractivity contribution is 8.33. The Morgan fingerprint density at radius 3 is 2.72 bits per heavy atom.